The molecule has 2 N–H and O–H groups in total. The first kappa shape index (κ1) is 21.4. The zero-order valence-electron chi connectivity index (χ0n) is 19.7. The van der Waals surface area contributed by atoms with Crippen LogP contribution in [0.2, 0.25) is 0 Å². The lowest BCUT2D eigenvalue weighted by Gasteiger charge is -2.43. The number of methoxy groups -OCH3 is 1. The monoisotopic (exact) mass is 454 g/mol. The van der Waals surface area contributed by atoms with Crippen LogP contribution in [0, 0.1) is 11.3 Å². The zero-order valence-corrected chi connectivity index (χ0v) is 19.7. The smallest absolute Gasteiger partial charge is 0.101 e. The van der Waals surface area contributed by atoms with Crippen LogP contribution in [0.25, 0.3) is 10.9 Å². The van der Waals surface area contributed by atoms with Crippen molar-refractivity contribution in [1.29, 1.82) is 5.26 Å². The van der Waals surface area contributed by atoms with Crippen LogP contribution in [-0.4, -0.2) is 61.4 Å². The largest absolute Gasteiger partial charge is 0.378 e. The minimum atomic E-state index is 0.199. The Hall–Kier alpha value is -3.18. The fraction of sp³-hybridized carbons (Fsp3) is 0.407. The molecule has 0 saturated carbocycles. The second-order valence-corrected chi connectivity index (χ2v) is 9.68. The van der Waals surface area contributed by atoms with E-state index >= 15 is 0 Å². The van der Waals surface area contributed by atoms with Gasteiger partial charge in [0, 0.05) is 68.8 Å². The van der Waals surface area contributed by atoms with Crippen LogP contribution in [0.15, 0.2) is 48.7 Å². The summed E-state index contributed by atoms with van der Waals surface area (Å²) >= 11 is 0. The molecule has 2 aromatic carbocycles. The average Bonchev–Trinajstić information content (AvgIpc) is 3.47. The molecule has 0 spiro atoms. The molecule has 0 unspecified atom stereocenters. The first-order valence-electron chi connectivity index (χ1n) is 12.1. The number of hydrogen-bond donors (Lipinski definition) is 2. The second-order valence-electron chi connectivity index (χ2n) is 9.68. The van der Waals surface area contributed by atoms with E-state index in [9.17, 15) is 5.26 Å². The highest BCUT2D eigenvalue weighted by Crippen LogP contribution is 2.42. The lowest BCUT2D eigenvalue weighted by Crippen LogP contribution is -2.51. The predicted molar refractivity (Wildman–Crippen MR) is 134 cm³/mol. The van der Waals surface area contributed by atoms with Gasteiger partial charge in [-0.1, -0.05) is 6.07 Å². The maximum Gasteiger partial charge on any atom is 0.101 e. The molecule has 34 heavy (non-hydrogen) atoms. The van der Waals surface area contributed by atoms with Crippen molar-refractivity contribution in [2.45, 2.75) is 37.7 Å². The summed E-state index contributed by atoms with van der Waals surface area (Å²) in [6.07, 6.45) is 1.97. The van der Waals surface area contributed by atoms with Crippen LogP contribution in [0.1, 0.15) is 29.7 Å². The number of hydrogen-bond acceptors (Lipinski definition) is 7. The number of nitriles is 1. The van der Waals surface area contributed by atoms with Gasteiger partial charge in [0.05, 0.1) is 29.3 Å². The van der Waals surface area contributed by atoms with Gasteiger partial charge in [-0.2, -0.15) is 5.26 Å². The molecule has 7 heteroatoms. The number of anilines is 2. The number of ether oxygens (including phenoxy) is 1. The molecule has 0 radical (unpaired) electrons. The molecular weight excluding hydrogens is 424 g/mol. The number of nitrogens with one attached hydrogen (secondary N) is 2. The highest BCUT2D eigenvalue weighted by molar-refractivity contribution is 5.95. The third kappa shape index (κ3) is 3.50. The third-order valence-corrected chi connectivity index (χ3v) is 7.72. The fourth-order valence-corrected chi connectivity index (χ4v) is 6.00. The molecule has 2 saturated heterocycles. The standard InChI is InChI=1S/C27H30N6O/c1-17-14-32(24-8-5-18(11-28)27-22(24)4-3-9-30-27)16-25-21-7-6-20(10-19(21)15-33(17)25)31-23-12-29-13-26(23)34-2/h3-10,17,23,25-26,29,31H,12-16H2,1-2H3/t17-,23-,25-,26+/m1/s1. The highest BCUT2D eigenvalue weighted by Gasteiger charge is 2.39. The fourth-order valence-electron chi connectivity index (χ4n) is 6.00. The number of piperazine rings is 1. The molecule has 6 rings (SSSR count). The lowest BCUT2D eigenvalue weighted by molar-refractivity contribution is 0.111. The Morgan fingerprint density at radius 1 is 1.18 bits per heavy atom. The van der Waals surface area contributed by atoms with Crippen LogP contribution in [0.3, 0.4) is 0 Å². The normalized spacial score (nSPS) is 26.3. The molecule has 0 aliphatic carbocycles. The Morgan fingerprint density at radius 2 is 2.09 bits per heavy atom. The van der Waals surface area contributed by atoms with Crippen molar-refractivity contribution in [2.24, 2.45) is 0 Å². The summed E-state index contributed by atoms with van der Waals surface area (Å²) in [4.78, 5) is 9.62. The molecule has 4 atom stereocenters. The van der Waals surface area contributed by atoms with Gasteiger partial charge in [-0.3, -0.25) is 9.88 Å². The van der Waals surface area contributed by atoms with Crippen molar-refractivity contribution in [3.05, 3.63) is 65.4 Å². The first-order chi connectivity index (χ1) is 16.7. The maximum atomic E-state index is 9.53. The minimum Gasteiger partial charge on any atom is -0.378 e. The molecule has 0 amide bonds. The number of aromatic nitrogens is 1. The topological polar surface area (TPSA) is 76.5 Å². The van der Waals surface area contributed by atoms with Crippen molar-refractivity contribution >= 4 is 22.3 Å². The van der Waals surface area contributed by atoms with Gasteiger partial charge in [0.15, 0.2) is 0 Å². The highest BCUT2D eigenvalue weighted by atomic mass is 16.5. The summed E-state index contributed by atoms with van der Waals surface area (Å²) < 4.78 is 5.62. The van der Waals surface area contributed by atoms with E-state index in [4.69, 9.17) is 4.74 Å². The Morgan fingerprint density at radius 3 is 2.94 bits per heavy atom. The molecule has 3 aliphatic rings. The van der Waals surface area contributed by atoms with Gasteiger partial charge < -0.3 is 20.3 Å². The number of fused-ring (bicyclic) bond motifs is 4. The molecule has 174 valence electrons. The summed E-state index contributed by atoms with van der Waals surface area (Å²) in [6.45, 7) is 7.00. The summed E-state index contributed by atoms with van der Waals surface area (Å²) in [5, 5.41) is 17.7. The van der Waals surface area contributed by atoms with E-state index in [0.29, 0.717) is 23.7 Å². The van der Waals surface area contributed by atoms with E-state index < -0.39 is 0 Å². The van der Waals surface area contributed by atoms with Crippen LogP contribution < -0.4 is 15.5 Å². The summed E-state index contributed by atoms with van der Waals surface area (Å²) in [7, 11) is 1.79. The van der Waals surface area contributed by atoms with Gasteiger partial charge in [0.25, 0.3) is 0 Å². The summed E-state index contributed by atoms with van der Waals surface area (Å²) in [5.41, 5.74) is 6.59. The Labute approximate surface area is 200 Å². The van der Waals surface area contributed by atoms with E-state index in [1.807, 2.05) is 12.1 Å². The molecule has 0 bridgehead atoms. The second kappa shape index (κ2) is 8.55. The van der Waals surface area contributed by atoms with Crippen molar-refractivity contribution in [2.75, 3.05) is 43.5 Å². The first-order valence-corrected chi connectivity index (χ1v) is 12.1. The van der Waals surface area contributed by atoms with Gasteiger partial charge >= 0.3 is 0 Å². The minimum absolute atomic E-state index is 0.199. The molecule has 7 nitrogen and oxygen atoms in total. The number of nitrogens with zero attached hydrogens (tertiary/aromatic N) is 4. The molecule has 3 aromatic rings. The summed E-state index contributed by atoms with van der Waals surface area (Å²) in [6, 6.07) is 18.3. The van der Waals surface area contributed by atoms with Crippen molar-refractivity contribution < 1.29 is 4.74 Å². The molecule has 3 aliphatic heterocycles. The lowest BCUT2D eigenvalue weighted by atomic mass is 9.99. The van der Waals surface area contributed by atoms with Crippen molar-refractivity contribution in [1.82, 2.24) is 15.2 Å². The van der Waals surface area contributed by atoms with Gasteiger partial charge in [-0.25, -0.2) is 0 Å². The number of pyridine rings is 1. The average molecular weight is 455 g/mol. The van der Waals surface area contributed by atoms with Gasteiger partial charge in [0.1, 0.15) is 6.07 Å². The van der Waals surface area contributed by atoms with Crippen molar-refractivity contribution in [3.63, 3.8) is 0 Å². The Bertz CT molecular complexity index is 1270. The molecule has 1 aromatic heterocycles. The Balaban J connectivity index is 1.28. The van der Waals surface area contributed by atoms with E-state index in [2.05, 4.69) is 68.7 Å². The quantitative estimate of drug-likeness (QED) is 0.627. The number of benzene rings is 2. The van der Waals surface area contributed by atoms with Crippen LogP contribution in [-0.2, 0) is 11.3 Å². The number of rotatable bonds is 4. The van der Waals surface area contributed by atoms with E-state index in [0.717, 1.165) is 43.6 Å². The molecule has 4 heterocycles. The SMILES string of the molecule is CO[C@H]1CNC[C@H]1Nc1ccc2c(c1)CN1[C@H](C)CN(c3ccc(C#N)c4ncccc34)C[C@H]21. The van der Waals surface area contributed by atoms with Gasteiger partial charge in [-0.15, -0.1) is 0 Å². The predicted octanol–water partition coefficient (Wildman–Crippen LogP) is 3.27. The van der Waals surface area contributed by atoms with Crippen LogP contribution >= 0.6 is 0 Å². The molecular formula is C27H30N6O. The van der Waals surface area contributed by atoms with Gasteiger partial charge in [-0.05, 0) is 54.4 Å². The van der Waals surface area contributed by atoms with E-state index in [-0.39, 0.29) is 6.10 Å². The Kier molecular flexibility index (Phi) is 5.37. The summed E-state index contributed by atoms with van der Waals surface area (Å²) in [5.74, 6) is 0. The van der Waals surface area contributed by atoms with E-state index in [1.165, 1.54) is 22.5 Å². The van der Waals surface area contributed by atoms with Crippen molar-refractivity contribution in [3.8, 4) is 6.07 Å². The van der Waals surface area contributed by atoms with Gasteiger partial charge in [0.2, 0.25) is 0 Å². The van der Waals surface area contributed by atoms with E-state index in [1.54, 1.807) is 13.3 Å². The maximum absolute atomic E-state index is 9.53. The zero-order chi connectivity index (χ0) is 23.2. The van der Waals surface area contributed by atoms with Crippen LogP contribution in [0.5, 0.6) is 0 Å². The van der Waals surface area contributed by atoms with Crippen LogP contribution in [0.4, 0.5) is 11.4 Å². The third-order valence-electron chi connectivity index (χ3n) is 7.72. The molecule has 2 fully saturated rings.